The standard InChI is InChI=1S/C26H24N4O4/c31-24-3-1-13-33-20-9-5-17-6-10-21(16-19(17)15-20)34-14-2-4-25(32)28-23-12-8-18-7-11-22(27-24)29-26(18)30-23/h5-12,15-16H,1-4,13-14H2,(H2,27,28,29,30,31,32). The van der Waals surface area contributed by atoms with Crippen LogP contribution in [0, 0.1) is 0 Å². The summed E-state index contributed by atoms with van der Waals surface area (Å²) < 4.78 is 11.7. The van der Waals surface area contributed by atoms with Crippen LogP contribution in [0.2, 0.25) is 0 Å². The van der Waals surface area contributed by atoms with Gasteiger partial charge < -0.3 is 20.1 Å². The Morgan fingerprint density at radius 1 is 0.618 bits per heavy atom. The highest BCUT2D eigenvalue weighted by Gasteiger charge is 2.09. The van der Waals surface area contributed by atoms with Gasteiger partial charge in [-0.2, -0.15) is 0 Å². The third-order valence-electron chi connectivity index (χ3n) is 5.50. The smallest absolute Gasteiger partial charge is 0.225 e. The number of hydrogen-bond donors (Lipinski definition) is 2. The van der Waals surface area contributed by atoms with Crippen LogP contribution in [0.25, 0.3) is 21.8 Å². The molecule has 5 rings (SSSR count). The van der Waals surface area contributed by atoms with E-state index in [0.717, 1.165) is 27.7 Å². The minimum atomic E-state index is -0.151. The van der Waals surface area contributed by atoms with Crippen LogP contribution in [-0.4, -0.2) is 35.0 Å². The summed E-state index contributed by atoms with van der Waals surface area (Å²) in [5, 5.41) is 8.50. The van der Waals surface area contributed by atoms with E-state index in [1.54, 1.807) is 12.1 Å². The molecule has 34 heavy (non-hydrogen) atoms. The Morgan fingerprint density at radius 2 is 1.12 bits per heavy atom. The highest BCUT2D eigenvalue weighted by atomic mass is 16.5. The van der Waals surface area contributed by atoms with Crippen molar-refractivity contribution >= 4 is 45.3 Å². The minimum Gasteiger partial charge on any atom is -0.494 e. The van der Waals surface area contributed by atoms with Crippen molar-refractivity contribution in [2.75, 3.05) is 23.8 Å². The lowest BCUT2D eigenvalue weighted by atomic mass is 10.1. The van der Waals surface area contributed by atoms with Gasteiger partial charge in [0.2, 0.25) is 11.8 Å². The molecule has 2 amide bonds. The van der Waals surface area contributed by atoms with E-state index in [1.165, 1.54) is 0 Å². The zero-order chi connectivity index (χ0) is 23.3. The van der Waals surface area contributed by atoms with Gasteiger partial charge in [-0.15, -0.1) is 0 Å². The first-order valence-electron chi connectivity index (χ1n) is 11.3. The number of nitrogens with zero attached hydrogens (tertiary/aromatic N) is 2. The molecule has 2 aromatic heterocycles. The van der Waals surface area contributed by atoms with Crippen molar-refractivity contribution in [3.8, 4) is 11.5 Å². The van der Waals surface area contributed by atoms with Crippen LogP contribution in [-0.2, 0) is 9.59 Å². The van der Waals surface area contributed by atoms with Gasteiger partial charge in [-0.3, -0.25) is 9.59 Å². The Balaban J connectivity index is 1.36. The van der Waals surface area contributed by atoms with E-state index in [9.17, 15) is 9.59 Å². The summed E-state index contributed by atoms with van der Waals surface area (Å²) in [6.07, 6.45) is 1.73. The molecule has 8 nitrogen and oxygen atoms in total. The number of rotatable bonds is 0. The zero-order valence-corrected chi connectivity index (χ0v) is 18.5. The predicted molar refractivity (Wildman–Crippen MR) is 130 cm³/mol. The molecular formula is C26H24N4O4. The summed E-state index contributed by atoms with van der Waals surface area (Å²) in [6.45, 7) is 0.843. The van der Waals surface area contributed by atoms with Crippen LogP contribution < -0.4 is 20.1 Å². The molecule has 6 bridgehead atoms. The van der Waals surface area contributed by atoms with E-state index < -0.39 is 0 Å². The molecule has 4 aromatic rings. The highest BCUT2D eigenvalue weighted by molar-refractivity contribution is 5.93. The molecule has 1 aliphatic rings. The van der Waals surface area contributed by atoms with Gasteiger partial charge in [0.25, 0.3) is 0 Å². The predicted octanol–water partition coefficient (Wildman–Crippen LogP) is 4.69. The van der Waals surface area contributed by atoms with Crippen LogP contribution in [0.4, 0.5) is 11.6 Å². The topological polar surface area (TPSA) is 102 Å². The first-order chi connectivity index (χ1) is 16.6. The molecule has 8 heteroatoms. The molecule has 0 saturated heterocycles. The second-order valence-electron chi connectivity index (χ2n) is 8.11. The number of benzene rings is 2. The molecule has 0 saturated carbocycles. The maximum atomic E-state index is 12.4. The lowest BCUT2D eigenvalue weighted by Gasteiger charge is -2.11. The molecule has 0 atom stereocenters. The van der Waals surface area contributed by atoms with Crippen LogP contribution in [0.5, 0.6) is 11.5 Å². The van der Waals surface area contributed by atoms with E-state index >= 15 is 0 Å². The molecular weight excluding hydrogens is 432 g/mol. The molecule has 0 unspecified atom stereocenters. The number of carbonyl (C=O) groups excluding carboxylic acids is 2. The summed E-state index contributed by atoms with van der Waals surface area (Å²) in [5.41, 5.74) is 0.444. The summed E-state index contributed by atoms with van der Waals surface area (Å²) in [7, 11) is 0. The van der Waals surface area contributed by atoms with Gasteiger partial charge >= 0.3 is 0 Å². The third kappa shape index (κ3) is 5.23. The molecule has 0 aliphatic carbocycles. The first-order valence-corrected chi connectivity index (χ1v) is 11.3. The van der Waals surface area contributed by atoms with Crippen molar-refractivity contribution in [3.05, 3.63) is 60.7 Å². The van der Waals surface area contributed by atoms with Crippen molar-refractivity contribution < 1.29 is 19.1 Å². The number of fused-ring (bicyclic) bond motifs is 4. The number of pyridine rings is 2. The van der Waals surface area contributed by atoms with Crippen LogP contribution in [0.3, 0.4) is 0 Å². The third-order valence-corrected chi connectivity index (χ3v) is 5.50. The number of anilines is 2. The fourth-order valence-corrected chi connectivity index (χ4v) is 3.78. The number of carbonyl (C=O) groups is 2. The second-order valence-corrected chi connectivity index (χ2v) is 8.11. The Bertz CT molecular complexity index is 1280. The van der Waals surface area contributed by atoms with Crippen molar-refractivity contribution in [1.29, 1.82) is 0 Å². The van der Waals surface area contributed by atoms with Gasteiger partial charge in [0.15, 0.2) is 5.65 Å². The number of aromatic nitrogens is 2. The molecule has 0 radical (unpaired) electrons. The van der Waals surface area contributed by atoms with Crippen LogP contribution in [0.1, 0.15) is 25.7 Å². The maximum Gasteiger partial charge on any atom is 0.225 e. The zero-order valence-electron chi connectivity index (χ0n) is 18.5. The normalized spacial score (nSPS) is 15.4. The number of ether oxygens (including phenoxy) is 2. The molecule has 2 N–H and O–H groups in total. The van der Waals surface area contributed by atoms with Crippen molar-refractivity contribution in [3.63, 3.8) is 0 Å². The van der Waals surface area contributed by atoms with Gasteiger partial charge in [-0.05, 0) is 72.1 Å². The van der Waals surface area contributed by atoms with Gasteiger partial charge in [0.05, 0.1) is 13.2 Å². The monoisotopic (exact) mass is 456 g/mol. The summed E-state index contributed by atoms with van der Waals surface area (Å²) in [5.74, 6) is 2.01. The molecule has 2 aromatic carbocycles. The van der Waals surface area contributed by atoms with Crippen LogP contribution >= 0.6 is 0 Å². The lowest BCUT2D eigenvalue weighted by molar-refractivity contribution is -0.117. The van der Waals surface area contributed by atoms with Gasteiger partial charge in [0, 0.05) is 18.2 Å². The van der Waals surface area contributed by atoms with Gasteiger partial charge in [-0.1, -0.05) is 12.1 Å². The number of hydrogen-bond acceptors (Lipinski definition) is 6. The van der Waals surface area contributed by atoms with E-state index in [1.807, 2.05) is 48.5 Å². The summed E-state index contributed by atoms with van der Waals surface area (Å²) >= 11 is 0. The van der Waals surface area contributed by atoms with E-state index in [0.29, 0.717) is 56.2 Å². The number of nitrogens with one attached hydrogen (secondary N) is 2. The molecule has 0 spiro atoms. The highest BCUT2D eigenvalue weighted by Crippen LogP contribution is 2.25. The van der Waals surface area contributed by atoms with Crippen LogP contribution in [0.15, 0.2) is 60.7 Å². The SMILES string of the molecule is O=C1CCCOc2ccc3ccc(cc3c2)OCCCC(=O)Nc2ccc3ccc(nc3n2)N1. The summed E-state index contributed by atoms with van der Waals surface area (Å²) in [6, 6.07) is 18.9. The van der Waals surface area contributed by atoms with E-state index in [4.69, 9.17) is 9.47 Å². The number of amides is 2. The Kier molecular flexibility index (Phi) is 6.20. The Labute approximate surface area is 196 Å². The van der Waals surface area contributed by atoms with Gasteiger partial charge in [-0.25, -0.2) is 9.97 Å². The second kappa shape index (κ2) is 9.74. The average Bonchev–Trinajstić information content (AvgIpc) is 2.83. The minimum absolute atomic E-state index is 0.151. The Hall–Kier alpha value is -4.20. The maximum absolute atomic E-state index is 12.4. The molecule has 172 valence electrons. The largest absolute Gasteiger partial charge is 0.494 e. The first kappa shape index (κ1) is 21.6. The van der Waals surface area contributed by atoms with E-state index in [-0.39, 0.29) is 11.8 Å². The van der Waals surface area contributed by atoms with Crippen molar-refractivity contribution in [2.45, 2.75) is 25.7 Å². The fourth-order valence-electron chi connectivity index (χ4n) is 3.78. The molecule has 3 heterocycles. The van der Waals surface area contributed by atoms with Crippen molar-refractivity contribution in [2.24, 2.45) is 0 Å². The lowest BCUT2D eigenvalue weighted by Crippen LogP contribution is -2.15. The molecule has 0 fully saturated rings. The van der Waals surface area contributed by atoms with E-state index in [2.05, 4.69) is 20.6 Å². The van der Waals surface area contributed by atoms with Gasteiger partial charge in [0.1, 0.15) is 23.1 Å². The quantitative estimate of drug-likeness (QED) is 0.398. The summed E-state index contributed by atoms with van der Waals surface area (Å²) in [4.78, 5) is 33.6. The Morgan fingerprint density at radius 3 is 1.65 bits per heavy atom. The average molecular weight is 457 g/mol. The fraction of sp³-hybridized carbons (Fsp3) is 0.231. The van der Waals surface area contributed by atoms with Crippen molar-refractivity contribution in [1.82, 2.24) is 9.97 Å². The molecule has 1 aliphatic heterocycles.